The Morgan fingerprint density at radius 3 is 2.42 bits per heavy atom. The van der Waals surface area contributed by atoms with Crippen molar-refractivity contribution < 1.29 is 19.4 Å². The predicted molar refractivity (Wildman–Crippen MR) is 124 cm³/mol. The van der Waals surface area contributed by atoms with Crippen LogP contribution in [0, 0.1) is 6.92 Å². The normalized spacial score (nSPS) is 20.5. The van der Waals surface area contributed by atoms with Crippen LogP contribution < -0.4 is 5.73 Å². The lowest BCUT2D eigenvalue weighted by Gasteiger charge is -2.32. The first-order valence-corrected chi connectivity index (χ1v) is 11.8. The highest BCUT2D eigenvalue weighted by atomic mass is 32.2. The first-order chi connectivity index (χ1) is 14.9. The summed E-state index contributed by atoms with van der Waals surface area (Å²) in [6.45, 7) is 5.33. The van der Waals surface area contributed by atoms with Crippen molar-refractivity contribution in [1.82, 2.24) is 0 Å². The van der Waals surface area contributed by atoms with E-state index in [1.54, 1.807) is 12.1 Å². The number of nitrogens with two attached hydrogens (primary N) is 1. The number of hydrogen-bond donors (Lipinski definition) is 3. The molecule has 0 fully saturated rings. The molecule has 0 aliphatic carbocycles. The van der Waals surface area contributed by atoms with Crippen LogP contribution in [0.15, 0.2) is 69.5 Å². The number of aromatic carboxylic acids is 1. The summed E-state index contributed by atoms with van der Waals surface area (Å²) in [5.74, 6) is -1.30. The van der Waals surface area contributed by atoms with Crippen LogP contribution in [0.25, 0.3) is 0 Å². The van der Waals surface area contributed by atoms with Crippen molar-refractivity contribution >= 4 is 22.8 Å². The zero-order valence-electron chi connectivity index (χ0n) is 17.7. The molecular formula is C25H27NO4S. The molecule has 0 aromatic heterocycles. The van der Waals surface area contributed by atoms with Crippen LogP contribution in [-0.4, -0.2) is 30.2 Å². The van der Waals surface area contributed by atoms with E-state index in [4.69, 9.17) is 10.5 Å². The van der Waals surface area contributed by atoms with Crippen molar-refractivity contribution in [2.75, 3.05) is 13.2 Å². The fourth-order valence-electron chi connectivity index (χ4n) is 4.40. The molecule has 2 aromatic rings. The maximum absolute atomic E-state index is 12.6. The van der Waals surface area contributed by atoms with Gasteiger partial charge in [0.1, 0.15) is 0 Å². The maximum atomic E-state index is 12.6. The monoisotopic (exact) mass is 437 g/mol. The van der Waals surface area contributed by atoms with Gasteiger partial charge < -0.3 is 15.6 Å². The minimum Gasteiger partial charge on any atom is -0.478 e. The first kappa shape index (κ1) is 21.4. The molecule has 0 saturated carbocycles. The average molecular weight is 438 g/mol. The number of carbonyl (C=O) groups is 2. The van der Waals surface area contributed by atoms with Crippen molar-refractivity contribution in [2.45, 2.75) is 31.9 Å². The summed E-state index contributed by atoms with van der Waals surface area (Å²) in [5.41, 5.74) is 11.3. The summed E-state index contributed by atoms with van der Waals surface area (Å²) in [4.78, 5) is 26.1. The molecule has 1 amide bonds. The zero-order valence-corrected chi connectivity index (χ0v) is 18.6. The number of hydrogen-bond acceptors (Lipinski definition) is 3. The van der Waals surface area contributed by atoms with Crippen molar-refractivity contribution in [2.24, 2.45) is 5.73 Å². The number of primary amides is 1. The largest absolute Gasteiger partial charge is 0.478 e. The molecule has 5 nitrogen and oxygen atoms in total. The number of thiol groups is 1. The minimum absolute atomic E-state index is 0.113. The molecule has 0 bridgehead atoms. The molecule has 1 unspecified atom stereocenters. The van der Waals surface area contributed by atoms with E-state index in [1.165, 1.54) is 10.5 Å². The fourth-order valence-corrected chi connectivity index (χ4v) is 7.72. The molecule has 31 heavy (non-hydrogen) atoms. The predicted octanol–water partition coefficient (Wildman–Crippen LogP) is 4.43. The Morgan fingerprint density at radius 2 is 1.81 bits per heavy atom. The Labute approximate surface area is 185 Å². The number of ether oxygens (including phenoxy) is 1. The lowest BCUT2D eigenvalue weighted by Crippen LogP contribution is -2.18. The Kier molecular flexibility index (Phi) is 6.03. The summed E-state index contributed by atoms with van der Waals surface area (Å²) in [7, 11) is -0.846. The molecule has 2 atom stereocenters. The van der Waals surface area contributed by atoms with Gasteiger partial charge in [0.05, 0.1) is 24.4 Å². The molecule has 3 N–H and O–H groups in total. The van der Waals surface area contributed by atoms with E-state index in [9.17, 15) is 14.7 Å². The number of amides is 1. The van der Waals surface area contributed by atoms with Gasteiger partial charge in [-0.1, -0.05) is 48.9 Å². The van der Waals surface area contributed by atoms with E-state index in [0.29, 0.717) is 31.6 Å². The third kappa shape index (κ3) is 4.18. The molecule has 6 heteroatoms. The molecule has 0 spiro atoms. The first-order valence-electron chi connectivity index (χ1n) is 10.4. The van der Waals surface area contributed by atoms with Crippen LogP contribution in [0.3, 0.4) is 0 Å². The summed E-state index contributed by atoms with van der Waals surface area (Å²) < 4.78 is 5.79. The molecule has 0 radical (unpaired) electrons. The number of allylic oxidation sites excluding steroid dienone is 1. The van der Waals surface area contributed by atoms with Gasteiger partial charge in [-0.25, -0.2) is 4.79 Å². The highest BCUT2D eigenvalue weighted by molar-refractivity contribution is 8.24. The third-order valence-corrected chi connectivity index (χ3v) is 9.04. The number of aryl methyl sites for hydroxylation is 1. The van der Waals surface area contributed by atoms with Crippen LogP contribution in [-0.2, 0) is 16.0 Å². The fraction of sp³-hybridized carbons (Fsp3) is 0.280. The second-order valence-corrected chi connectivity index (χ2v) is 10.6. The van der Waals surface area contributed by atoms with Crippen LogP contribution in [0.2, 0.25) is 0 Å². The topological polar surface area (TPSA) is 89.6 Å². The number of carboxylic acids is 1. The Bertz CT molecular complexity index is 1080. The molecular weight excluding hydrogens is 410 g/mol. The Morgan fingerprint density at radius 1 is 1.13 bits per heavy atom. The quantitative estimate of drug-likeness (QED) is 0.584. The Balaban J connectivity index is 1.77. The highest BCUT2D eigenvalue weighted by Crippen LogP contribution is 2.63. The molecule has 162 valence electrons. The van der Waals surface area contributed by atoms with Gasteiger partial charge in [0.15, 0.2) is 0 Å². The third-order valence-electron chi connectivity index (χ3n) is 6.02. The number of carboxylic acid groups (broad SMARTS) is 1. The lowest BCUT2D eigenvalue weighted by atomic mass is 9.98. The van der Waals surface area contributed by atoms with Crippen LogP contribution in [0.5, 0.6) is 0 Å². The highest BCUT2D eigenvalue weighted by Gasteiger charge is 2.38. The second-order valence-electron chi connectivity index (χ2n) is 8.05. The molecule has 0 saturated heterocycles. The van der Waals surface area contributed by atoms with E-state index < -0.39 is 16.9 Å². The van der Waals surface area contributed by atoms with Gasteiger partial charge in [-0.05, 0) is 52.0 Å². The van der Waals surface area contributed by atoms with Crippen LogP contribution in [0.1, 0.15) is 45.6 Å². The number of carbonyl (C=O) groups excluding carboxylic acids is 1. The van der Waals surface area contributed by atoms with Gasteiger partial charge in [-0.15, -0.1) is 0 Å². The van der Waals surface area contributed by atoms with Gasteiger partial charge in [0, 0.05) is 11.7 Å². The smallest absolute Gasteiger partial charge is 0.335 e. The molecule has 2 aromatic carbocycles. The van der Waals surface area contributed by atoms with Crippen LogP contribution >= 0.6 is 10.9 Å². The summed E-state index contributed by atoms with van der Waals surface area (Å²) in [6, 6.07) is 15.4. The van der Waals surface area contributed by atoms with Crippen molar-refractivity contribution in [3.05, 3.63) is 91.7 Å². The second kappa shape index (κ2) is 8.73. The molecule has 4 rings (SSSR count). The van der Waals surface area contributed by atoms with E-state index >= 15 is 0 Å². The average Bonchev–Trinajstić information content (AvgIpc) is 3.08. The summed E-state index contributed by atoms with van der Waals surface area (Å²) in [6.07, 6.45) is 1.38. The molecule has 2 aliphatic heterocycles. The van der Waals surface area contributed by atoms with E-state index in [2.05, 4.69) is 38.1 Å². The van der Waals surface area contributed by atoms with Gasteiger partial charge >= 0.3 is 5.97 Å². The van der Waals surface area contributed by atoms with Crippen molar-refractivity contribution in [1.29, 1.82) is 0 Å². The van der Waals surface area contributed by atoms with Gasteiger partial charge in [0.2, 0.25) is 5.91 Å². The minimum atomic E-state index is -0.938. The standard InChI is InChI=1S/C25H27NO4S/c1-15-3-5-17(6-4-15)13-21-23(24(26)27)20-11-12-30-14-22(20)31(21)16(2)18-7-9-19(10-8-18)25(28)29/h3-10,16,31H,11-14H2,1-2H3,(H2,26,27)(H,28,29)/t16-/m0/s1. The van der Waals surface area contributed by atoms with Crippen molar-refractivity contribution in [3.8, 4) is 0 Å². The zero-order chi connectivity index (χ0) is 22.1. The summed E-state index contributed by atoms with van der Waals surface area (Å²) >= 11 is 0. The van der Waals surface area contributed by atoms with E-state index in [1.807, 2.05) is 12.1 Å². The number of rotatable bonds is 6. The molecule has 2 heterocycles. The summed E-state index contributed by atoms with van der Waals surface area (Å²) in [5, 5.41) is 9.34. The van der Waals surface area contributed by atoms with Crippen molar-refractivity contribution in [3.63, 3.8) is 0 Å². The van der Waals surface area contributed by atoms with E-state index in [-0.39, 0.29) is 16.7 Å². The van der Waals surface area contributed by atoms with E-state index in [0.717, 1.165) is 21.6 Å². The van der Waals surface area contributed by atoms with Gasteiger partial charge in [0.25, 0.3) is 0 Å². The van der Waals surface area contributed by atoms with Gasteiger partial charge in [-0.3, -0.25) is 4.79 Å². The maximum Gasteiger partial charge on any atom is 0.335 e. The van der Waals surface area contributed by atoms with Crippen LogP contribution in [0.4, 0.5) is 0 Å². The number of benzene rings is 2. The Hall–Kier alpha value is -2.83. The lowest BCUT2D eigenvalue weighted by molar-refractivity contribution is -0.114. The SMILES string of the molecule is Cc1ccc(CC2=C(C(N)=O)C3=C(COCC3)[SH]2[C@@H](C)c2ccc(C(=O)O)cc2)cc1. The van der Waals surface area contributed by atoms with Gasteiger partial charge in [-0.2, -0.15) is 10.9 Å². The molecule has 2 aliphatic rings.